The van der Waals surface area contributed by atoms with Crippen molar-refractivity contribution in [2.75, 3.05) is 13.2 Å². The summed E-state index contributed by atoms with van der Waals surface area (Å²) in [7, 11) is -1.35. The number of nitrogens with two attached hydrogens (primary N) is 1. The van der Waals surface area contributed by atoms with Gasteiger partial charge < -0.3 is 14.6 Å². The van der Waals surface area contributed by atoms with Crippen LogP contribution in [0.2, 0.25) is 6.04 Å². The van der Waals surface area contributed by atoms with Gasteiger partial charge in [-0.15, -0.1) is 0 Å². The summed E-state index contributed by atoms with van der Waals surface area (Å²) in [6.07, 6.45) is 2.21. The average molecular weight is 205 g/mol. The van der Waals surface area contributed by atoms with Crippen molar-refractivity contribution in [3.05, 3.63) is 0 Å². The highest BCUT2D eigenvalue weighted by Gasteiger charge is 2.11. The molecule has 13 heavy (non-hydrogen) atoms. The third-order valence-electron chi connectivity index (χ3n) is 1.80. The van der Waals surface area contributed by atoms with Gasteiger partial charge in [0.15, 0.2) is 0 Å². The average Bonchev–Trinajstić information content (AvgIpc) is 2.04. The molecule has 1 atom stereocenters. The quantitative estimate of drug-likeness (QED) is 0.609. The van der Waals surface area contributed by atoms with E-state index in [9.17, 15) is 0 Å². The lowest BCUT2D eigenvalue weighted by molar-refractivity contribution is 0.212. The van der Waals surface area contributed by atoms with Gasteiger partial charge in [-0.2, -0.15) is 0 Å². The van der Waals surface area contributed by atoms with Crippen LogP contribution in [0, 0.1) is 0 Å². The summed E-state index contributed by atoms with van der Waals surface area (Å²) in [5.41, 5.74) is 5.66. The fraction of sp³-hybridized carbons (Fsp3) is 1.00. The van der Waals surface area contributed by atoms with Crippen LogP contribution in [-0.2, 0) is 8.85 Å². The largest absolute Gasteiger partial charge is 0.397 e. The van der Waals surface area contributed by atoms with E-state index in [1.807, 2.05) is 20.8 Å². The van der Waals surface area contributed by atoms with Crippen LogP contribution in [0.3, 0.4) is 0 Å². The van der Waals surface area contributed by atoms with Crippen LogP contribution in [0.25, 0.3) is 0 Å². The normalized spacial score (nSPS) is 13.6. The maximum Gasteiger partial charge on any atom is 0.321 e. The van der Waals surface area contributed by atoms with Gasteiger partial charge in [-0.3, -0.25) is 0 Å². The Bertz CT molecular complexity index is 106. The molecule has 80 valence electrons. The Morgan fingerprint density at radius 1 is 1.23 bits per heavy atom. The van der Waals surface area contributed by atoms with E-state index in [1.165, 1.54) is 0 Å². The Hall–Kier alpha value is 0.0969. The van der Waals surface area contributed by atoms with Gasteiger partial charge >= 0.3 is 9.28 Å². The minimum absolute atomic E-state index is 0.304. The monoisotopic (exact) mass is 205 g/mol. The molecule has 0 bridgehead atoms. The van der Waals surface area contributed by atoms with Gasteiger partial charge in [-0.05, 0) is 33.2 Å². The first kappa shape index (κ1) is 13.1. The van der Waals surface area contributed by atoms with Crippen LogP contribution in [0.4, 0.5) is 0 Å². The van der Waals surface area contributed by atoms with Gasteiger partial charge in [-0.25, -0.2) is 0 Å². The minimum atomic E-state index is -1.35. The molecular formula is C9H23NO2Si. The third-order valence-corrected chi connectivity index (χ3v) is 4.09. The third kappa shape index (κ3) is 8.43. The van der Waals surface area contributed by atoms with E-state index in [0.29, 0.717) is 6.04 Å². The van der Waals surface area contributed by atoms with Crippen LogP contribution < -0.4 is 5.73 Å². The van der Waals surface area contributed by atoms with Gasteiger partial charge in [0.1, 0.15) is 0 Å². The van der Waals surface area contributed by atoms with Crippen molar-refractivity contribution in [2.24, 2.45) is 5.73 Å². The summed E-state index contributed by atoms with van der Waals surface area (Å²) in [5.74, 6) is 0. The van der Waals surface area contributed by atoms with E-state index >= 15 is 0 Å². The van der Waals surface area contributed by atoms with E-state index < -0.39 is 9.28 Å². The number of rotatable bonds is 8. The molecule has 0 rings (SSSR count). The second-order valence-electron chi connectivity index (χ2n) is 3.25. The molecule has 2 N–H and O–H groups in total. The van der Waals surface area contributed by atoms with Crippen molar-refractivity contribution < 1.29 is 8.85 Å². The molecule has 0 aliphatic carbocycles. The molecule has 0 aromatic carbocycles. The van der Waals surface area contributed by atoms with E-state index in [4.69, 9.17) is 14.6 Å². The topological polar surface area (TPSA) is 44.5 Å². The Morgan fingerprint density at radius 2 is 1.77 bits per heavy atom. The standard InChI is InChI=1S/C9H23NO2Si/c1-4-11-13(12-5-2)8-6-7-9(3)10/h9,13H,4-8,10H2,1-3H3. The van der Waals surface area contributed by atoms with Gasteiger partial charge in [0, 0.05) is 19.3 Å². The van der Waals surface area contributed by atoms with Crippen LogP contribution in [0.5, 0.6) is 0 Å². The van der Waals surface area contributed by atoms with E-state index in [-0.39, 0.29) is 0 Å². The van der Waals surface area contributed by atoms with Crippen molar-refractivity contribution in [2.45, 2.75) is 45.7 Å². The first-order chi connectivity index (χ1) is 6.20. The molecule has 0 amide bonds. The van der Waals surface area contributed by atoms with Crippen LogP contribution in [0.1, 0.15) is 33.6 Å². The molecular weight excluding hydrogens is 182 g/mol. The van der Waals surface area contributed by atoms with Gasteiger partial charge in [0.2, 0.25) is 0 Å². The Kier molecular flexibility index (Phi) is 8.75. The second-order valence-corrected chi connectivity index (χ2v) is 5.35. The zero-order valence-electron chi connectivity index (χ0n) is 9.08. The summed E-state index contributed by atoms with van der Waals surface area (Å²) in [4.78, 5) is 0. The lowest BCUT2D eigenvalue weighted by Gasteiger charge is -2.14. The molecule has 0 saturated heterocycles. The SMILES string of the molecule is CCO[SiH](CCCC(C)N)OCC. The molecule has 0 aromatic heterocycles. The van der Waals surface area contributed by atoms with Crippen molar-refractivity contribution in [1.29, 1.82) is 0 Å². The fourth-order valence-corrected chi connectivity index (χ4v) is 2.94. The van der Waals surface area contributed by atoms with Crippen LogP contribution in [0.15, 0.2) is 0 Å². The van der Waals surface area contributed by atoms with Crippen molar-refractivity contribution >= 4 is 9.28 Å². The molecule has 0 aromatic rings. The first-order valence-electron chi connectivity index (χ1n) is 5.19. The van der Waals surface area contributed by atoms with E-state index in [0.717, 1.165) is 32.1 Å². The molecule has 4 heteroatoms. The second kappa shape index (κ2) is 8.68. The summed E-state index contributed by atoms with van der Waals surface area (Å²) < 4.78 is 11.1. The van der Waals surface area contributed by atoms with Crippen LogP contribution >= 0.6 is 0 Å². The molecule has 0 saturated carbocycles. The Balaban J connectivity index is 3.44. The summed E-state index contributed by atoms with van der Waals surface area (Å²) in [5, 5.41) is 0. The summed E-state index contributed by atoms with van der Waals surface area (Å²) in [6, 6.07) is 1.39. The maximum absolute atomic E-state index is 5.66. The molecule has 0 heterocycles. The van der Waals surface area contributed by atoms with Crippen molar-refractivity contribution in [3.63, 3.8) is 0 Å². The van der Waals surface area contributed by atoms with Crippen molar-refractivity contribution in [1.82, 2.24) is 0 Å². The van der Waals surface area contributed by atoms with Gasteiger partial charge in [0.05, 0.1) is 0 Å². The highest BCUT2D eigenvalue weighted by atomic mass is 28.3. The molecule has 0 aliphatic heterocycles. The Morgan fingerprint density at radius 3 is 2.15 bits per heavy atom. The minimum Gasteiger partial charge on any atom is -0.397 e. The predicted octanol–water partition coefficient (Wildman–Crippen LogP) is 1.41. The zero-order chi connectivity index (χ0) is 10.1. The summed E-state index contributed by atoms with van der Waals surface area (Å²) in [6.45, 7) is 7.62. The predicted molar refractivity (Wildman–Crippen MR) is 58.1 cm³/mol. The lowest BCUT2D eigenvalue weighted by atomic mass is 10.2. The number of hydrogen-bond acceptors (Lipinski definition) is 3. The Labute approximate surface area is 83.5 Å². The molecule has 3 nitrogen and oxygen atoms in total. The molecule has 0 spiro atoms. The van der Waals surface area contributed by atoms with Crippen molar-refractivity contribution in [3.8, 4) is 0 Å². The van der Waals surface area contributed by atoms with Gasteiger partial charge in [-0.1, -0.05) is 6.42 Å². The number of hydrogen-bond donors (Lipinski definition) is 1. The zero-order valence-corrected chi connectivity index (χ0v) is 10.2. The molecule has 0 fully saturated rings. The molecule has 0 aliphatic rings. The molecule has 0 radical (unpaired) electrons. The smallest absolute Gasteiger partial charge is 0.321 e. The first-order valence-corrected chi connectivity index (χ1v) is 6.95. The fourth-order valence-electron chi connectivity index (χ4n) is 1.19. The highest BCUT2D eigenvalue weighted by Crippen LogP contribution is 2.05. The maximum atomic E-state index is 5.66. The summed E-state index contributed by atoms with van der Waals surface area (Å²) >= 11 is 0. The van der Waals surface area contributed by atoms with Gasteiger partial charge in [0.25, 0.3) is 0 Å². The molecule has 1 unspecified atom stereocenters. The van der Waals surface area contributed by atoms with Crippen LogP contribution in [-0.4, -0.2) is 28.5 Å². The van der Waals surface area contributed by atoms with E-state index in [2.05, 4.69) is 0 Å². The highest BCUT2D eigenvalue weighted by molar-refractivity contribution is 6.44. The van der Waals surface area contributed by atoms with E-state index in [1.54, 1.807) is 0 Å². The lowest BCUT2D eigenvalue weighted by Crippen LogP contribution is -2.24.